The summed E-state index contributed by atoms with van der Waals surface area (Å²) >= 11 is 3.39. The Balaban J connectivity index is 3.04. The van der Waals surface area contributed by atoms with Gasteiger partial charge in [-0.25, -0.2) is 4.68 Å². The smallest absolute Gasteiger partial charge is 0.283 e. The monoisotopic (exact) mass is 358 g/mol. The highest BCUT2D eigenvalue weighted by Gasteiger charge is 2.25. The molecule has 5 nitrogen and oxygen atoms in total. The molecule has 120 valence electrons. The van der Waals surface area contributed by atoms with Gasteiger partial charge in [-0.15, -0.1) is 0 Å². The molecule has 1 heterocycles. The molecule has 1 aromatic heterocycles. The lowest BCUT2D eigenvalue weighted by atomic mass is 9.90. The van der Waals surface area contributed by atoms with Crippen LogP contribution in [0, 0.1) is 11.8 Å². The van der Waals surface area contributed by atoms with Gasteiger partial charge in [0.2, 0.25) is 0 Å². The molecule has 1 unspecified atom stereocenters. The van der Waals surface area contributed by atoms with Gasteiger partial charge in [-0.05, 0) is 41.1 Å². The number of halogens is 1. The Hall–Kier alpha value is -0.880. The van der Waals surface area contributed by atoms with E-state index < -0.39 is 0 Å². The molecule has 0 aliphatic heterocycles. The van der Waals surface area contributed by atoms with Gasteiger partial charge < -0.3 is 11.1 Å². The van der Waals surface area contributed by atoms with E-state index >= 15 is 0 Å². The van der Waals surface area contributed by atoms with Gasteiger partial charge in [0.05, 0.1) is 11.9 Å². The van der Waals surface area contributed by atoms with Gasteiger partial charge in [-0.3, -0.25) is 4.79 Å². The Morgan fingerprint density at radius 1 is 1.38 bits per heavy atom. The average Bonchev–Trinajstić information content (AvgIpc) is 2.37. The third kappa shape index (κ3) is 5.11. The van der Waals surface area contributed by atoms with Gasteiger partial charge in [-0.1, -0.05) is 27.7 Å². The average molecular weight is 359 g/mol. The third-order valence-corrected chi connectivity index (χ3v) is 4.04. The van der Waals surface area contributed by atoms with Gasteiger partial charge >= 0.3 is 0 Å². The maximum atomic E-state index is 12.3. The molecular weight excluding hydrogens is 332 g/mol. The van der Waals surface area contributed by atoms with Crippen molar-refractivity contribution in [2.45, 2.75) is 53.1 Å². The number of nitrogens with two attached hydrogens (primary N) is 1. The summed E-state index contributed by atoms with van der Waals surface area (Å²) in [5.74, 6) is 0.884. The van der Waals surface area contributed by atoms with E-state index in [4.69, 9.17) is 5.73 Å². The molecule has 0 bridgehead atoms. The third-order valence-electron chi connectivity index (χ3n) is 3.27. The van der Waals surface area contributed by atoms with Crippen LogP contribution in [0.25, 0.3) is 0 Å². The quantitative estimate of drug-likeness (QED) is 0.785. The van der Waals surface area contributed by atoms with Crippen molar-refractivity contribution in [2.24, 2.45) is 17.6 Å². The van der Waals surface area contributed by atoms with Crippen molar-refractivity contribution in [1.82, 2.24) is 9.78 Å². The normalized spacial score (nSPS) is 14.5. The summed E-state index contributed by atoms with van der Waals surface area (Å²) in [6, 6.07) is 0. The summed E-state index contributed by atoms with van der Waals surface area (Å²) in [6.07, 6.45) is 2.62. The molecule has 1 aromatic rings. The topological polar surface area (TPSA) is 72.9 Å². The van der Waals surface area contributed by atoms with Crippen LogP contribution in [-0.4, -0.2) is 21.9 Å². The zero-order chi connectivity index (χ0) is 16.2. The molecule has 21 heavy (non-hydrogen) atoms. The van der Waals surface area contributed by atoms with Crippen LogP contribution >= 0.6 is 15.9 Å². The fourth-order valence-electron chi connectivity index (χ4n) is 2.44. The standard InChI is InChI=1S/C15H27BrN4O/c1-10(2)6-15(5,9-17)19-12-7-18-20(8-11(3)4)14(21)13(12)16/h7,10-11,19H,6,8-9,17H2,1-5H3. The van der Waals surface area contributed by atoms with Gasteiger partial charge in [0, 0.05) is 18.6 Å². The van der Waals surface area contributed by atoms with Gasteiger partial charge in [0.25, 0.3) is 5.56 Å². The molecule has 0 saturated heterocycles. The molecular formula is C15H27BrN4O. The van der Waals surface area contributed by atoms with E-state index in [1.807, 2.05) is 0 Å². The van der Waals surface area contributed by atoms with Gasteiger partial charge in [-0.2, -0.15) is 5.10 Å². The Labute approximate surface area is 135 Å². The van der Waals surface area contributed by atoms with Gasteiger partial charge in [0.1, 0.15) is 4.47 Å². The predicted molar refractivity (Wildman–Crippen MR) is 91.6 cm³/mol. The molecule has 0 spiro atoms. The van der Waals surface area contributed by atoms with Crippen LogP contribution in [0.3, 0.4) is 0 Å². The van der Waals surface area contributed by atoms with Crippen LogP contribution in [0.4, 0.5) is 5.69 Å². The second-order valence-electron chi connectivity index (χ2n) is 6.74. The highest BCUT2D eigenvalue weighted by atomic mass is 79.9. The molecule has 0 aliphatic carbocycles. The number of hydrogen-bond acceptors (Lipinski definition) is 4. The molecule has 0 aliphatic rings. The van der Waals surface area contributed by atoms with Gasteiger partial charge in [0.15, 0.2) is 0 Å². The molecule has 0 amide bonds. The minimum Gasteiger partial charge on any atom is -0.376 e. The largest absolute Gasteiger partial charge is 0.376 e. The van der Waals surface area contributed by atoms with E-state index in [0.717, 1.165) is 6.42 Å². The molecule has 0 fully saturated rings. The first kappa shape index (κ1) is 18.2. The second-order valence-corrected chi connectivity index (χ2v) is 7.53. The first-order valence-electron chi connectivity index (χ1n) is 7.42. The van der Waals surface area contributed by atoms with Crippen molar-refractivity contribution < 1.29 is 0 Å². The summed E-state index contributed by atoms with van der Waals surface area (Å²) in [6.45, 7) is 11.6. The molecule has 0 aromatic carbocycles. The lowest BCUT2D eigenvalue weighted by Crippen LogP contribution is -2.44. The zero-order valence-electron chi connectivity index (χ0n) is 13.6. The SMILES string of the molecule is CC(C)Cn1ncc(NC(C)(CN)CC(C)C)c(Br)c1=O. The lowest BCUT2D eigenvalue weighted by molar-refractivity contribution is 0.405. The highest BCUT2D eigenvalue weighted by Crippen LogP contribution is 2.25. The maximum Gasteiger partial charge on any atom is 0.283 e. The first-order chi connectivity index (χ1) is 9.68. The fraction of sp³-hybridized carbons (Fsp3) is 0.733. The van der Waals surface area contributed by atoms with E-state index in [2.05, 4.69) is 61.0 Å². The Kier molecular flexibility index (Phi) is 6.41. The number of hydrogen-bond donors (Lipinski definition) is 2. The van der Waals surface area contributed by atoms with Crippen LogP contribution in [0.5, 0.6) is 0 Å². The molecule has 1 rings (SSSR count). The molecule has 6 heteroatoms. The van der Waals surface area contributed by atoms with Crippen molar-refractivity contribution >= 4 is 21.6 Å². The number of anilines is 1. The van der Waals surface area contributed by atoms with Crippen molar-refractivity contribution in [3.05, 3.63) is 21.0 Å². The van der Waals surface area contributed by atoms with Crippen LogP contribution in [0.2, 0.25) is 0 Å². The number of rotatable bonds is 7. The van der Waals surface area contributed by atoms with Crippen molar-refractivity contribution in [3.8, 4) is 0 Å². The van der Waals surface area contributed by atoms with E-state index in [0.29, 0.717) is 35.1 Å². The Bertz CT molecular complexity index is 527. The zero-order valence-corrected chi connectivity index (χ0v) is 15.2. The Morgan fingerprint density at radius 2 is 2.00 bits per heavy atom. The van der Waals surface area contributed by atoms with Crippen molar-refractivity contribution in [1.29, 1.82) is 0 Å². The number of nitrogens with zero attached hydrogens (tertiary/aromatic N) is 2. The summed E-state index contributed by atoms with van der Waals surface area (Å²) < 4.78 is 2.00. The number of aromatic nitrogens is 2. The van der Waals surface area contributed by atoms with Crippen molar-refractivity contribution in [2.75, 3.05) is 11.9 Å². The van der Waals surface area contributed by atoms with E-state index in [1.54, 1.807) is 6.20 Å². The van der Waals surface area contributed by atoms with Crippen LogP contribution in [-0.2, 0) is 6.54 Å². The van der Waals surface area contributed by atoms with Crippen molar-refractivity contribution in [3.63, 3.8) is 0 Å². The lowest BCUT2D eigenvalue weighted by Gasteiger charge is -2.32. The van der Waals surface area contributed by atoms with E-state index in [1.165, 1.54) is 4.68 Å². The van der Waals surface area contributed by atoms with Crippen LogP contribution in [0.15, 0.2) is 15.5 Å². The summed E-state index contributed by atoms with van der Waals surface area (Å²) in [7, 11) is 0. The molecule has 1 atom stereocenters. The summed E-state index contributed by atoms with van der Waals surface area (Å²) in [5.41, 5.74) is 6.24. The molecule has 0 saturated carbocycles. The minimum absolute atomic E-state index is 0.113. The van der Waals surface area contributed by atoms with Crippen LogP contribution < -0.4 is 16.6 Å². The molecule has 0 radical (unpaired) electrons. The summed E-state index contributed by atoms with van der Waals surface area (Å²) in [5, 5.41) is 7.63. The number of nitrogens with one attached hydrogen (secondary N) is 1. The Morgan fingerprint density at radius 3 is 2.48 bits per heavy atom. The fourth-order valence-corrected chi connectivity index (χ4v) is 2.85. The summed E-state index contributed by atoms with van der Waals surface area (Å²) in [4.78, 5) is 12.3. The van der Waals surface area contributed by atoms with E-state index in [-0.39, 0.29) is 11.1 Å². The highest BCUT2D eigenvalue weighted by molar-refractivity contribution is 9.10. The van der Waals surface area contributed by atoms with Crippen LogP contribution in [0.1, 0.15) is 41.0 Å². The maximum absolute atomic E-state index is 12.3. The second kappa shape index (κ2) is 7.40. The predicted octanol–water partition coefficient (Wildman–Crippen LogP) is 2.84. The molecule has 3 N–H and O–H groups in total. The van der Waals surface area contributed by atoms with E-state index in [9.17, 15) is 4.79 Å². The first-order valence-corrected chi connectivity index (χ1v) is 8.21. The minimum atomic E-state index is -0.255.